The fourth-order valence-electron chi connectivity index (χ4n) is 0.467. The van der Waals surface area contributed by atoms with E-state index in [0.29, 0.717) is 10.9 Å². The second-order valence-electron chi connectivity index (χ2n) is 1.59. The van der Waals surface area contributed by atoms with Crippen molar-refractivity contribution in [2.75, 3.05) is 12.4 Å². The van der Waals surface area contributed by atoms with Crippen LogP contribution in [0.1, 0.15) is 0 Å². The maximum absolute atomic E-state index is 8.56. The fourth-order valence-corrected chi connectivity index (χ4v) is 6.88. The van der Waals surface area contributed by atoms with Crippen molar-refractivity contribution in [1.82, 2.24) is 0 Å². The molecule has 0 aromatic heterocycles. The summed E-state index contributed by atoms with van der Waals surface area (Å²) < 4.78 is 1.04. The molecule has 0 spiro atoms. The lowest BCUT2D eigenvalue weighted by atomic mass is 10.9. The van der Waals surface area contributed by atoms with Crippen molar-refractivity contribution in [2.45, 2.75) is 0 Å². The number of hydrogen-bond acceptors (Lipinski definition) is 5. The van der Waals surface area contributed by atoms with Gasteiger partial charge >= 0.3 is 0 Å². The van der Waals surface area contributed by atoms with Crippen LogP contribution in [0.2, 0.25) is 0 Å². The van der Waals surface area contributed by atoms with Gasteiger partial charge < -0.3 is 10.8 Å². The molecule has 0 amide bonds. The van der Waals surface area contributed by atoms with Crippen molar-refractivity contribution in [3.63, 3.8) is 0 Å². The molecule has 1 aliphatic heterocycles. The molecule has 1 heterocycles. The van der Waals surface area contributed by atoms with Gasteiger partial charge in [-0.15, -0.1) is 0 Å². The van der Waals surface area contributed by atoms with Gasteiger partial charge in [-0.2, -0.15) is 0 Å². The number of aliphatic hydroxyl groups excluding tert-OH is 1. The zero-order valence-corrected chi connectivity index (χ0v) is 10.1. The van der Waals surface area contributed by atoms with E-state index in [9.17, 15) is 0 Å². The molecule has 3 N–H and O–H groups in total. The summed E-state index contributed by atoms with van der Waals surface area (Å²) in [7, 11) is 1.58. The molecule has 0 saturated carbocycles. The molecular weight excluding hydrogens is 315 g/mol. The van der Waals surface area contributed by atoms with Gasteiger partial charge in [-0.1, -0.05) is 11.8 Å². The smallest absolute Gasteiger partial charge is 0.171 e. The zero-order valence-electron chi connectivity index (χ0n) is 5.49. The van der Waals surface area contributed by atoms with Crippen molar-refractivity contribution in [1.29, 1.82) is 0 Å². The Morgan fingerprint density at radius 1 is 1.82 bits per heavy atom. The summed E-state index contributed by atoms with van der Waals surface area (Å²) in [5, 5.41) is 9.20. The fraction of sp³-hybridized carbons (Fsp3) is 0.500. The summed E-state index contributed by atoms with van der Waals surface area (Å²) in [5.41, 5.74) is 5.51. The molecule has 64 valence electrons. The van der Waals surface area contributed by atoms with Crippen molar-refractivity contribution < 1.29 is 5.11 Å². The molecule has 0 fully saturated rings. The molecular formula is C4H7IN2OS3. The van der Waals surface area contributed by atoms with Crippen LogP contribution in [0.25, 0.3) is 0 Å². The summed E-state index contributed by atoms with van der Waals surface area (Å²) in [5.74, 6) is 0.708. The summed E-state index contributed by atoms with van der Waals surface area (Å²) in [6.45, 7) is 0.281. The first-order valence-electron chi connectivity index (χ1n) is 2.77. The predicted molar refractivity (Wildman–Crippen MR) is 65.4 cm³/mol. The standard InChI is InChI=1S/C4H7IN2OS3/c5-11-4(9-2-1-8)7-3(6)10-11/h8H,1-2H2,(H2,6,7). The second-order valence-corrected chi connectivity index (χ2v) is 10.3. The van der Waals surface area contributed by atoms with E-state index >= 15 is 0 Å². The van der Waals surface area contributed by atoms with Crippen LogP contribution in [0.15, 0.2) is 4.99 Å². The van der Waals surface area contributed by atoms with Crippen LogP contribution >= 0.6 is 50.4 Å². The number of rotatable bonds is 2. The SMILES string of the molecule is NC1=NC(SCCO)=S(I)S1. The van der Waals surface area contributed by atoms with Gasteiger partial charge in [-0.05, 0) is 17.5 Å². The van der Waals surface area contributed by atoms with Crippen molar-refractivity contribution in [2.24, 2.45) is 10.7 Å². The highest BCUT2D eigenvalue weighted by atomic mass is 127. The third-order valence-corrected chi connectivity index (χ3v) is 8.67. The maximum Gasteiger partial charge on any atom is 0.171 e. The zero-order chi connectivity index (χ0) is 8.27. The van der Waals surface area contributed by atoms with Crippen LogP contribution in [0.4, 0.5) is 0 Å². The summed E-state index contributed by atoms with van der Waals surface area (Å²) in [4.78, 5) is 4.14. The molecule has 11 heavy (non-hydrogen) atoms. The molecule has 0 saturated heterocycles. The Bertz CT molecular complexity index is 217. The lowest BCUT2D eigenvalue weighted by molar-refractivity contribution is 0.323. The van der Waals surface area contributed by atoms with Crippen LogP contribution in [0, 0.1) is 0 Å². The Labute approximate surface area is 87.5 Å². The molecule has 0 radical (unpaired) electrons. The van der Waals surface area contributed by atoms with Gasteiger partial charge in [0.25, 0.3) is 0 Å². The van der Waals surface area contributed by atoms with E-state index in [1.807, 2.05) is 0 Å². The quantitative estimate of drug-likeness (QED) is 0.458. The minimum absolute atomic E-state index is 0.0843. The summed E-state index contributed by atoms with van der Waals surface area (Å²) >= 11 is 3.88. The number of nitrogens with two attached hydrogens (primary N) is 1. The number of thioether (sulfide) groups is 1. The van der Waals surface area contributed by atoms with E-state index in [0.717, 1.165) is 4.32 Å². The average Bonchev–Trinajstić information content (AvgIpc) is 2.26. The minimum atomic E-state index is 0.0843. The monoisotopic (exact) mass is 322 g/mol. The Morgan fingerprint density at radius 2 is 2.55 bits per heavy atom. The van der Waals surface area contributed by atoms with Crippen LogP contribution in [-0.4, -0.2) is 27.0 Å². The summed E-state index contributed by atoms with van der Waals surface area (Å²) in [6, 6.07) is 0. The van der Waals surface area contributed by atoms with E-state index in [1.54, 1.807) is 22.6 Å². The van der Waals surface area contributed by atoms with Gasteiger partial charge in [0.05, 0.1) is 6.61 Å². The van der Waals surface area contributed by atoms with Crippen LogP contribution in [-0.2, 0) is 0 Å². The third kappa shape index (κ3) is 3.13. The number of amidine groups is 1. The molecule has 7 heteroatoms. The third-order valence-electron chi connectivity index (χ3n) is 0.814. The molecule has 1 atom stereocenters. The van der Waals surface area contributed by atoms with Gasteiger partial charge in [-0.25, -0.2) is 4.99 Å². The van der Waals surface area contributed by atoms with Gasteiger partial charge in [0.15, 0.2) is 5.17 Å². The average molecular weight is 322 g/mol. The molecule has 0 aliphatic carbocycles. The molecule has 0 aromatic carbocycles. The second kappa shape index (κ2) is 4.95. The van der Waals surface area contributed by atoms with E-state index in [2.05, 4.69) is 26.2 Å². The first-order chi connectivity index (χ1) is 5.24. The number of halogens is 1. The largest absolute Gasteiger partial charge is 0.396 e. The van der Waals surface area contributed by atoms with E-state index in [4.69, 9.17) is 10.8 Å². The lowest BCUT2D eigenvalue weighted by Crippen LogP contribution is -2.02. The van der Waals surface area contributed by atoms with Crippen LogP contribution in [0.3, 0.4) is 0 Å². The minimum Gasteiger partial charge on any atom is -0.396 e. The Balaban J connectivity index is 2.48. The molecule has 0 bridgehead atoms. The Morgan fingerprint density at radius 3 is 3.00 bits per heavy atom. The van der Waals surface area contributed by atoms with Crippen molar-refractivity contribution >= 4 is 59.9 Å². The van der Waals surface area contributed by atoms with Crippen molar-refractivity contribution in [3.05, 3.63) is 0 Å². The first kappa shape index (κ1) is 10.2. The van der Waals surface area contributed by atoms with Crippen LogP contribution in [0.5, 0.6) is 0 Å². The van der Waals surface area contributed by atoms with Gasteiger partial charge in [-0.3, -0.25) is 0 Å². The normalized spacial score (nSPS) is 24.0. The molecule has 1 rings (SSSR count). The number of hydrogen-bond donors (Lipinski definition) is 2. The maximum atomic E-state index is 8.56. The van der Waals surface area contributed by atoms with E-state index in [1.165, 1.54) is 0 Å². The molecule has 0 aromatic rings. The van der Waals surface area contributed by atoms with Gasteiger partial charge in [0.1, 0.15) is 4.32 Å². The highest BCUT2D eigenvalue weighted by molar-refractivity contribution is 14.2. The molecule has 3 nitrogen and oxygen atoms in total. The van der Waals surface area contributed by atoms with E-state index in [-0.39, 0.29) is 13.3 Å². The number of nitrogens with zero attached hydrogens (tertiary/aromatic N) is 1. The lowest BCUT2D eigenvalue weighted by Gasteiger charge is -1.95. The highest BCUT2D eigenvalue weighted by Crippen LogP contribution is 2.46. The number of aliphatic hydroxyl groups is 1. The Kier molecular flexibility index (Phi) is 4.57. The number of aliphatic imine (C=N–C) groups is 1. The van der Waals surface area contributed by atoms with Crippen LogP contribution < -0.4 is 5.73 Å². The topological polar surface area (TPSA) is 58.6 Å². The molecule has 1 unspecified atom stereocenters. The summed E-state index contributed by atoms with van der Waals surface area (Å²) in [6.07, 6.45) is 0. The predicted octanol–water partition coefficient (Wildman–Crippen LogP) is 1.39. The van der Waals surface area contributed by atoms with E-state index < -0.39 is 0 Å². The highest BCUT2D eigenvalue weighted by Gasteiger charge is 2.13. The van der Waals surface area contributed by atoms with Gasteiger partial charge in [0, 0.05) is 27.0 Å². The molecule has 1 aliphatic rings. The first-order valence-corrected chi connectivity index (χ1v) is 8.86. The Hall–Kier alpha value is 1.08. The van der Waals surface area contributed by atoms with Crippen molar-refractivity contribution in [3.8, 4) is 0 Å². The van der Waals surface area contributed by atoms with Gasteiger partial charge in [0.2, 0.25) is 0 Å².